The number of rotatable bonds is 6. The lowest BCUT2D eigenvalue weighted by Crippen LogP contribution is -2.29. The standard InChI is InChI=1S/C21H21N3O4S2/c1-27-15-10-13(21(26)24-7-3-4-8-24)14(11-16(15)28-2)23-19(25)18-12-22-20(30-18)17-6-5-9-29-17/h5-6,9-12H,3-4,7-8H2,1-2H3,(H,23,25). The van der Waals surface area contributed by atoms with Gasteiger partial charge in [0.25, 0.3) is 11.8 Å². The number of nitrogens with one attached hydrogen (secondary N) is 1. The first kappa shape index (κ1) is 20.4. The highest BCUT2D eigenvalue weighted by atomic mass is 32.1. The highest BCUT2D eigenvalue weighted by molar-refractivity contribution is 7.22. The minimum Gasteiger partial charge on any atom is -0.493 e. The predicted octanol–water partition coefficient (Wildman–Crippen LogP) is 4.38. The van der Waals surface area contributed by atoms with E-state index in [1.165, 1.54) is 25.6 Å². The van der Waals surface area contributed by atoms with Crippen molar-refractivity contribution in [2.45, 2.75) is 12.8 Å². The van der Waals surface area contributed by atoms with E-state index in [0.29, 0.717) is 40.7 Å². The van der Waals surface area contributed by atoms with Crippen molar-refractivity contribution < 1.29 is 19.1 Å². The Morgan fingerprint density at radius 1 is 1.13 bits per heavy atom. The van der Waals surface area contributed by atoms with Crippen LogP contribution >= 0.6 is 22.7 Å². The van der Waals surface area contributed by atoms with Gasteiger partial charge in [-0.15, -0.1) is 22.7 Å². The number of ether oxygens (including phenoxy) is 2. The van der Waals surface area contributed by atoms with E-state index < -0.39 is 0 Å². The zero-order valence-electron chi connectivity index (χ0n) is 16.6. The van der Waals surface area contributed by atoms with Gasteiger partial charge in [-0.25, -0.2) is 4.98 Å². The highest BCUT2D eigenvalue weighted by Gasteiger charge is 2.25. The Labute approximate surface area is 182 Å². The molecular formula is C21H21N3O4S2. The normalized spacial score (nSPS) is 13.3. The van der Waals surface area contributed by atoms with Crippen LogP contribution in [0, 0.1) is 0 Å². The summed E-state index contributed by atoms with van der Waals surface area (Å²) in [5.41, 5.74) is 0.770. The molecule has 1 saturated heterocycles. The molecule has 3 aromatic rings. The Kier molecular flexibility index (Phi) is 6.01. The van der Waals surface area contributed by atoms with Crippen LogP contribution in [0.4, 0.5) is 5.69 Å². The first-order valence-corrected chi connectivity index (χ1v) is 11.2. The fourth-order valence-corrected chi connectivity index (χ4v) is 4.94. The molecule has 156 valence electrons. The highest BCUT2D eigenvalue weighted by Crippen LogP contribution is 2.35. The van der Waals surface area contributed by atoms with Gasteiger partial charge in [0.05, 0.1) is 36.5 Å². The molecule has 0 unspecified atom stereocenters. The van der Waals surface area contributed by atoms with Gasteiger partial charge < -0.3 is 19.7 Å². The number of methoxy groups -OCH3 is 2. The molecule has 1 aliphatic heterocycles. The summed E-state index contributed by atoms with van der Waals surface area (Å²) in [6.07, 6.45) is 3.51. The van der Waals surface area contributed by atoms with E-state index >= 15 is 0 Å². The van der Waals surface area contributed by atoms with Gasteiger partial charge in [0, 0.05) is 19.2 Å². The summed E-state index contributed by atoms with van der Waals surface area (Å²) in [5.74, 6) is 0.426. The largest absolute Gasteiger partial charge is 0.493 e. The number of hydrogen-bond donors (Lipinski definition) is 1. The van der Waals surface area contributed by atoms with Gasteiger partial charge in [-0.1, -0.05) is 6.07 Å². The molecule has 0 spiro atoms. The van der Waals surface area contributed by atoms with Crippen molar-refractivity contribution in [1.82, 2.24) is 9.88 Å². The van der Waals surface area contributed by atoms with Crippen LogP contribution in [0.3, 0.4) is 0 Å². The third-order valence-corrected chi connectivity index (χ3v) is 6.89. The summed E-state index contributed by atoms with van der Waals surface area (Å²) in [4.78, 5) is 33.6. The lowest BCUT2D eigenvalue weighted by Gasteiger charge is -2.20. The summed E-state index contributed by atoms with van der Waals surface area (Å²) in [5, 5.41) is 5.62. The van der Waals surface area contributed by atoms with Crippen LogP contribution in [0.5, 0.6) is 11.5 Å². The van der Waals surface area contributed by atoms with Crippen LogP contribution in [-0.2, 0) is 0 Å². The Hall–Kier alpha value is -2.91. The lowest BCUT2D eigenvalue weighted by molar-refractivity contribution is 0.0793. The van der Waals surface area contributed by atoms with E-state index in [4.69, 9.17) is 9.47 Å². The second-order valence-electron chi connectivity index (χ2n) is 6.71. The zero-order valence-corrected chi connectivity index (χ0v) is 18.3. The average molecular weight is 444 g/mol. The van der Waals surface area contributed by atoms with Crippen LogP contribution in [-0.4, -0.2) is 49.0 Å². The van der Waals surface area contributed by atoms with E-state index in [-0.39, 0.29) is 11.8 Å². The van der Waals surface area contributed by atoms with Crippen LogP contribution in [0.2, 0.25) is 0 Å². The Balaban J connectivity index is 1.64. The molecule has 0 saturated carbocycles. The summed E-state index contributed by atoms with van der Waals surface area (Å²) in [6.45, 7) is 1.42. The summed E-state index contributed by atoms with van der Waals surface area (Å²) in [7, 11) is 3.03. The number of carbonyl (C=O) groups excluding carboxylic acids is 2. The van der Waals surface area contributed by atoms with Crippen LogP contribution in [0.1, 0.15) is 32.9 Å². The Morgan fingerprint density at radius 2 is 1.87 bits per heavy atom. The van der Waals surface area contributed by atoms with Crippen LogP contribution < -0.4 is 14.8 Å². The number of amides is 2. The van der Waals surface area contributed by atoms with Gasteiger partial charge in [0.1, 0.15) is 9.88 Å². The minimum atomic E-state index is -0.321. The van der Waals surface area contributed by atoms with E-state index in [1.54, 1.807) is 34.6 Å². The number of thiazole rings is 1. The second-order valence-corrected chi connectivity index (χ2v) is 8.69. The number of carbonyl (C=O) groups is 2. The maximum Gasteiger partial charge on any atom is 0.267 e. The third kappa shape index (κ3) is 4.03. The quantitative estimate of drug-likeness (QED) is 0.612. The summed E-state index contributed by atoms with van der Waals surface area (Å²) >= 11 is 2.88. The molecule has 4 rings (SSSR count). The van der Waals surface area contributed by atoms with E-state index in [1.807, 2.05) is 17.5 Å². The first-order valence-electron chi connectivity index (χ1n) is 9.47. The number of thiophene rings is 1. The molecule has 2 aromatic heterocycles. The van der Waals surface area contributed by atoms with Crippen molar-refractivity contribution in [2.24, 2.45) is 0 Å². The number of hydrogen-bond acceptors (Lipinski definition) is 7. The number of likely N-dealkylation sites (tertiary alicyclic amines) is 1. The van der Waals surface area contributed by atoms with Crippen molar-refractivity contribution in [2.75, 3.05) is 32.6 Å². The molecule has 0 bridgehead atoms. The maximum atomic E-state index is 13.1. The van der Waals surface area contributed by atoms with Crippen molar-refractivity contribution in [3.63, 3.8) is 0 Å². The molecule has 1 aliphatic rings. The van der Waals surface area contributed by atoms with Crippen molar-refractivity contribution in [3.05, 3.63) is 46.3 Å². The van der Waals surface area contributed by atoms with E-state index in [9.17, 15) is 9.59 Å². The molecule has 0 aliphatic carbocycles. The summed E-state index contributed by atoms with van der Waals surface area (Å²) < 4.78 is 10.7. The smallest absolute Gasteiger partial charge is 0.267 e. The van der Waals surface area contributed by atoms with Crippen LogP contribution in [0.15, 0.2) is 35.8 Å². The van der Waals surface area contributed by atoms with E-state index in [2.05, 4.69) is 10.3 Å². The Morgan fingerprint density at radius 3 is 2.53 bits per heavy atom. The molecular weight excluding hydrogens is 422 g/mol. The molecule has 9 heteroatoms. The average Bonchev–Trinajstić information content (AvgIpc) is 3.54. The summed E-state index contributed by atoms with van der Waals surface area (Å²) in [6, 6.07) is 7.16. The van der Waals surface area contributed by atoms with Gasteiger partial charge in [-0.3, -0.25) is 9.59 Å². The van der Waals surface area contributed by atoms with Gasteiger partial charge in [-0.05, 0) is 30.4 Å². The molecule has 1 N–H and O–H groups in total. The molecule has 0 atom stereocenters. The first-order chi connectivity index (χ1) is 14.6. The molecule has 30 heavy (non-hydrogen) atoms. The van der Waals surface area contributed by atoms with Gasteiger partial charge in [0.15, 0.2) is 11.5 Å². The molecule has 3 heterocycles. The monoisotopic (exact) mass is 443 g/mol. The number of benzene rings is 1. The number of nitrogens with zero attached hydrogens (tertiary/aromatic N) is 2. The maximum absolute atomic E-state index is 13.1. The minimum absolute atomic E-state index is 0.132. The van der Waals surface area contributed by atoms with Crippen molar-refractivity contribution in [3.8, 4) is 21.4 Å². The van der Waals surface area contributed by atoms with E-state index in [0.717, 1.165) is 22.7 Å². The number of anilines is 1. The van der Waals surface area contributed by atoms with Gasteiger partial charge >= 0.3 is 0 Å². The molecule has 1 fully saturated rings. The van der Waals surface area contributed by atoms with Gasteiger partial charge in [0.2, 0.25) is 0 Å². The molecule has 2 amide bonds. The molecule has 7 nitrogen and oxygen atoms in total. The molecule has 1 aromatic carbocycles. The van der Waals surface area contributed by atoms with Crippen molar-refractivity contribution >= 4 is 40.2 Å². The number of aromatic nitrogens is 1. The fraction of sp³-hybridized carbons (Fsp3) is 0.286. The predicted molar refractivity (Wildman–Crippen MR) is 118 cm³/mol. The van der Waals surface area contributed by atoms with Crippen molar-refractivity contribution in [1.29, 1.82) is 0 Å². The van der Waals surface area contributed by atoms with Crippen LogP contribution in [0.25, 0.3) is 9.88 Å². The van der Waals surface area contributed by atoms with Gasteiger partial charge in [-0.2, -0.15) is 0 Å². The zero-order chi connectivity index (χ0) is 21.1. The lowest BCUT2D eigenvalue weighted by atomic mass is 10.1. The topological polar surface area (TPSA) is 80.8 Å². The fourth-order valence-electron chi connectivity index (χ4n) is 3.33. The second kappa shape index (κ2) is 8.85. The SMILES string of the molecule is COc1cc(NC(=O)c2cnc(-c3cccs3)s2)c(C(=O)N2CCCC2)cc1OC. The Bertz CT molecular complexity index is 1060. The third-order valence-electron chi connectivity index (χ3n) is 4.86. The molecule has 0 radical (unpaired) electrons.